The molecule has 2 amide bonds. The Kier molecular flexibility index (Phi) is 4.36. The number of Topliss-reactive ketones (excluding diaryl/α,β-unsaturated/α-hetero) is 1. The van der Waals surface area contributed by atoms with Crippen LogP contribution in [-0.4, -0.2) is 39.9 Å². The van der Waals surface area contributed by atoms with Gasteiger partial charge in [0.1, 0.15) is 5.75 Å². The zero-order valence-corrected chi connectivity index (χ0v) is 17.4. The maximum Gasteiger partial charge on any atom is 0.233 e. The lowest BCUT2D eigenvalue weighted by Crippen LogP contribution is -2.39. The number of hydrogen-bond acceptors (Lipinski definition) is 5. The summed E-state index contributed by atoms with van der Waals surface area (Å²) in [5, 5.41) is 10.6. The summed E-state index contributed by atoms with van der Waals surface area (Å²) < 4.78 is 0. The van der Waals surface area contributed by atoms with Crippen LogP contribution in [0.3, 0.4) is 0 Å². The van der Waals surface area contributed by atoms with Crippen molar-refractivity contribution < 1.29 is 24.3 Å². The molecule has 1 aromatic carbocycles. The molecule has 3 aliphatic carbocycles. The lowest BCUT2D eigenvalue weighted by Gasteiger charge is -2.42. The van der Waals surface area contributed by atoms with Gasteiger partial charge in [0, 0.05) is 34.7 Å². The number of ketones is 2. The van der Waals surface area contributed by atoms with Crippen LogP contribution in [0.5, 0.6) is 5.75 Å². The molecule has 1 aromatic rings. The van der Waals surface area contributed by atoms with Gasteiger partial charge in [-0.15, -0.1) is 0 Å². The lowest BCUT2D eigenvalue weighted by atomic mass is 9.59. The van der Waals surface area contributed by atoms with Gasteiger partial charge in [0.25, 0.3) is 0 Å². The van der Waals surface area contributed by atoms with E-state index >= 15 is 0 Å². The molecule has 6 heteroatoms. The van der Waals surface area contributed by atoms with Crippen molar-refractivity contribution in [3.8, 4) is 5.75 Å². The summed E-state index contributed by atoms with van der Waals surface area (Å²) in [6.45, 7) is 3.73. The third-order valence-corrected chi connectivity index (χ3v) is 7.22. The number of fused-ring (bicyclic) bond motifs is 3. The van der Waals surface area contributed by atoms with Crippen molar-refractivity contribution in [2.45, 2.75) is 32.6 Å². The molecule has 31 heavy (non-hydrogen) atoms. The molecule has 0 spiro atoms. The van der Waals surface area contributed by atoms with E-state index in [1.165, 1.54) is 11.0 Å². The predicted octanol–water partition coefficient (Wildman–Crippen LogP) is 2.84. The van der Waals surface area contributed by atoms with Gasteiger partial charge in [-0.05, 0) is 44.7 Å². The molecule has 1 N–H and O–H groups in total. The van der Waals surface area contributed by atoms with E-state index in [0.29, 0.717) is 35.2 Å². The number of aromatic hydroxyl groups is 1. The molecule has 0 bridgehead atoms. The fraction of sp³-hybridized carbons (Fsp3) is 0.360. The number of carbonyl (C=O) groups excluding carboxylic acids is 4. The molecule has 5 rings (SSSR count). The maximum atomic E-state index is 13.2. The Labute approximate surface area is 179 Å². The van der Waals surface area contributed by atoms with E-state index in [-0.39, 0.29) is 41.5 Å². The second kappa shape index (κ2) is 6.87. The van der Waals surface area contributed by atoms with Crippen molar-refractivity contribution in [1.29, 1.82) is 0 Å². The smallest absolute Gasteiger partial charge is 0.233 e. The van der Waals surface area contributed by atoms with E-state index in [1.807, 2.05) is 6.08 Å². The van der Waals surface area contributed by atoms with E-state index in [4.69, 9.17) is 0 Å². The van der Waals surface area contributed by atoms with Gasteiger partial charge >= 0.3 is 0 Å². The Morgan fingerprint density at radius 1 is 1.06 bits per heavy atom. The van der Waals surface area contributed by atoms with Gasteiger partial charge in [0.2, 0.25) is 11.8 Å². The summed E-state index contributed by atoms with van der Waals surface area (Å²) in [7, 11) is 0. The SMILES string of the molecule is CCN1C(=O)[C@H]2[C@H](CC=C3[C@H](c4ccccc4O)C4=C(C[C@H]32)C(=O)C=C(C)C4=O)C1=O. The first kappa shape index (κ1) is 19.7. The molecule has 1 saturated heterocycles. The van der Waals surface area contributed by atoms with E-state index in [9.17, 15) is 24.3 Å². The largest absolute Gasteiger partial charge is 0.508 e. The minimum Gasteiger partial charge on any atom is -0.508 e. The van der Waals surface area contributed by atoms with Crippen LogP contribution in [0.15, 0.2) is 58.7 Å². The molecule has 0 saturated carbocycles. The number of benzene rings is 1. The summed E-state index contributed by atoms with van der Waals surface area (Å²) in [6, 6.07) is 6.81. The van der Waals surface area contributed by atoms with Gasteiger partial charge in [-0.25, -0.2) is 0 Å². The Morgan fingerprint density at radius 2 is 1.81 bits per heavy atom. The van der Waals surface area contributed by atoms with Crippen molar-refractivity contribution in [3.63, 3.8) is 0 Å². The minimum absolute atomic E-state index is 0.0412. The quantitative estimate of drug-likeness (QED) is 0.454. The molecule has 1 fully saturated rings. The van der Waals surface area contributed by atoms with Gasteiger partial charge in [0.15, 0.2) is 11.6 Å². The first-order chi connectivity index (χ1) is 14.8. The van der Waals surface area contributed by atoms with Crippen molar-refractivity contribution in [3.05, 3.63) is 64.3 Å². The molecule has 0 aromatic heterocycles. The van der Waals surface area contributed by atoms with Gasteiger partial charge in [-0.1, -0.05) is 29.8 Å². The summed E-state index contributed by atoms with van der Waals surface area (Å²) in [6.07, 6.45) is 4.00. The van der Waals surface area contributed by atoms with Crippen LogP contribution in [0.4, 0.5) is 0 Å². The third-order valence-electron chi connectivity index (χ3n) is 7.22. The monoisotopic (exact) mass is 417 g/mol. The summed E-state index contributed by atoms with van der Waals surface area (Å²) >= 11 is 0. The average molecular weight is 417 g/mol. The van der Waals surface area contributed by atoms with Gasteiger partial charge < -0.3 is 5.11 Å². The second-order valence-electron chi connectivity index (χ2n) is 8.71. The molecular weight excluding hydrogens is 394 g/mol. The number of likely N-dealkylation sites (tertiary alicyclic amines) is 1. The normalized spacial score (nSPS) is 30.1. The Morgan fingerprint density at radius 3 is 2.52 bits per heavy atom. The van der Waals surface area contributed by atoms with Crippen molar-refractivity contribution >= 4 is 23.4 Å². The number of imide groups is 1. The number of phenolic OH excluding ortho intramolecular Hbond substituents is 1. The van der Waals surface area contributed by atoms with Crippen LogP contribution in [0, 0.1) is 17.8 Å². The Balaban J connectivity index is 1.72. The number of phenols is 1. The van der Waals surface area contributed by atoms with Crippen molar-refractivity contribution in [2.24, 2.45) is 17.8 Å². The number of rotatable bonds is 2. The van der Waals surface area contributed by atoms with E-state index in [0.717, 1.165) is 5.57 Å². The van der Waals surface area contributed by atoms with Crippen LogP contribution >= 0.6 is 0 Å². The summed E-state index contributed by atoms with van der Waals surface area (Å²) in [5.74, 6) is -2.66. The van der Waals surface area contributed by atoms with Crippen LogP contribution in [0.2, 0.25) is 0 Å². The fourth-order valence-corrected chi connectivity index (χ4v) is 5.83. The van der Waals surface area contributed by atoms with Crippen LogP contribution in [-0.2, 0) is 19.2 Å². The van der Waals surface area contributed by atoms with Crippen molar-refractivity contribution in [1.82, 2.24) is 4.90 Å². The first-order valence-electron chi connectivity index (χ1n) is 10.7. The topological polar surface area (TPSA) is 91.8 Å². The Hall–Kier alpha value is -3.28. The summed E-state index contributed by atoms with van der Waals surface area (Å²) in [5.41, 5.74) is 2.58. The highest BCUT2D eigenvalue weighted by Crippen LogP contribution is 2.55. The molecule has 1 heterocycles. The number of amides is 2. The molecule has 6 nitrogen and oxygen atoms in total. The van der Waals surface area contributed by atoms with E-state index < -0.39 is 17.8 Å². The highest BCUT2D eigenvalue weighted by Gasteiger charge is 2.56. The van der Waals surface area contributed by atoms with Gasteiger partial charge in [-0.3, -0.25) is 24.1 Å². The molecule has 158 valence electrons. The number of para-hydroxylation sites is 1. The lowest BCUT2D eigenvalue weighted by molar-refractivity contribution is -0.139. The molecule has 0 unspecified atom stereocenters. The minimum atomic E-state index is -0.602. The van der Waals surface area contributed by atoms with Crippen LogP contribution in [0.1, 0.15) is 38.2 Å². The Bertz CT molecular complexity index is 1150. The van der Waals surface area contributed by atoms with Crippen LogP contribution < -0.4 is 0 Å². The van der Waals surface area contributed by atoms with Gasteiger partial charge in [0.05, 0.1) is 11.8 Å². The van der Waals surface area contributed by atoms with E-state index in [2.05, 4.69) is 0 Å². The molecule has 4 aliphatic rings. The summed E-state index contributed by atoms with van der Waals surface area (Å²) in [4.78, 5) is 53.4. The number of nitrogens with zero attached hydrogens (tertiary/aromatic N) is 1. The fourth-order valence-electron chi connectivity index (χ4n) is 5.83. The zero-order valence-electron chi connectivity index (χ0n) is 17.4. The number of hydrogen-bond donors (Lipinski definition) is 1. The average Bonchev–Trinajstić information content (AvgIpc) is 3.01. The first-order valence-corrected chi connectivity index (χ1v) is 10.7. The molecule has 0 radical (unpaired) electrons. The maximum absolute atomic E-state index is 13.2. The van der Waals surface area contributed by atoms with Gasteiger partial charge in [-0.2, -0.15) is 0 Å². The predicted molar refractivity (Wildman–Crippen MR) is 112 cm³/mol. The number of carbonyl (C=O) groups is 4. The van der Waals surface area contributed by atoms with E-state index in [1.54, 1.807) is 38.1 Å². The molecule has 1 aliphatic heterocycles. The van der Waals surface area contributed by atoms with Crippen molar-refractivity contribution in [2.75, 3.05) is 6.54 Å². The third kappa shape index (κ3) is 2.63. The highest BCUT2D eigenvalue weighted by molar-refractivity contribution is 6.23. The van der Waals surface area contributed by atoms with Crippen LogP contribution in [0.25, 0.3) is 0 Å². The standard InChI is InChI=1S/C25H23NO5/c1-3-26-24(30)15-9-8-13-16(21(15)25(26)31)11-17-19(28)10-12(2)23(29)22(17)20(13)14-6-4-5-7-18(14)27/h4-8,10,15-16,20-21,27H,3,9,11H2,1-2H3/t15-,16+,20+,21-/m0/s1. The zero-order chi connectivity index (χ0) is 22.0. The second-order valence-corrected chi connectivity index (χ2v) is 8.71. The molecular formula is C25H23NO5. The number of allylic oxidation sites excluding steroid dienone is 6. The highest BCUT2D eigenvalue weighted by atomic mass is 16.3. The molecule has 4 atom stereocenters.